The Hall–Kier alpha value is -4.59. The highest BCUT2D eigenvalue weighted by Crippen LogP contribution is 2.24. The maximum Gasteiger partial charge on any atom is 0.303 e. The number of nitrogens with zero attached hydrogens (tertiary/aromatic N) is 1. The lowest BCUT2D eigenvalue weighted by Crippen LogP contribution is -2.24. The van der Waals surface area contributed by atoms with E-state index >= 15 is 0 Å². The molecule has 0 aliphatic heterocycles. The minimum atomic E-state index is -0.927. The Kier molecular flexibility index (Phi) is 8.77. The molecule has 0 radical (unpaired) electrons. The summed E-state index contributed by atoms with van der Waals surface area (Å²) in [4.78, 5) is 28.9. The van der Waals surface area contributed by atoms with Crippen LogP contribution in [0.5, 0.6) is 11.5 Å². The molecule has 0 bridgehead atoms. The van der Waals surface area contributed by atoms with E-state index in [4.69, 9.17) is 19.0 Å². The molecular formula is C30H30N2O6. The van der Waals surface area contributed by atoms with Gasteiger partial charge in [0.25, 0.3) is 5.91 Å². The molecule has 0 unspecified atom stereocenters. The van der Waals surface area contributed by atoms with Gasteiger partial charge < -0.3 is 24.3 Å². The van der Waals surface area contributed by atoms with Gasteiger partial charge in [0.05, 0.1) is 19.4 Å². The van der Waals surface area contributed by atoms with Crippen molar-refractivity contribution in [3.63, 3.8) is 0 Å². The van der Waals surface area contributed by atoms with Crippen molar-refractivity contribution >= 4 is 11.9 Å². The zero-order valence-electron chi connectivity index (χ0n) is 21.4. The monoisotopic (exact) mass is 514 g/mol. The molecule has 4 aromatic rings. The average Bonchev–Trinajstić information content (AvgIpc) is 3.31. The Labute approximate surface area is 221 Å². The van der Waals surface area contributed by atoms with Crippen molar-refractivity contribution in [3.8, 4) is 23.0 Å². The van der Waals surface area contributed by atoms with Gasteiger partial charge in [-0.3, -0.25) is 9.59 Å². The quantitative estimate of drug-likeness (QED) is 0.266. The number of aryl methyl sites for hydroxylation is 2. The highest BCUT2D eigenvalue weighted by atomic mass is 16.5. The van der Waals surface area contributed by atoms with Crippen molar-refractivity contribution in [1.82, 2.24) is 10.3 Å². The maximum absolute atomic E-state index is 13.1. The van der Waals surface area contributed by atoms with Crippen LogP contribution in [0.2, 0.25) is 0 Å². The van der Waals surface area contributed by atoms with Gasteiger partial charge in [0.15, 0.2) is 0 Å². The average molecular weight is 515 g/mol. The number of carboxylic acid groups (broad SMARTS) is 1. The van der Waals surface area contributed by atoms with E-state index in [0.29, 0.717) is 41.5 Å². The number of para-hydroxylation sites is 1. The normalized spacial score (nSPS) is 10.7. The lowest BCUT2D eigenvalue weighted by Gasteiger charge is -2.14. The molecule has 0 saturated heterocycles. The molecule has 8 nitrogen and oxygen atoms in total. The number of oxazole rings is 1. The number of carbonyl (C=O) groups is 2. The molecule has 0 aliphatic rings. The molecule has 0 spiro atoms. The Morgan fingerprint density at radius 1 is 0.974 bits per heavy atom. The summed E-state index contributed by atoms with van der Waals surface area (Å²) in [5.41, 5.74) is 3.56. The Morgan fingerprint density at radius 2 is 1.74 bits per heavy atom. The number of hydrogen-bond acceptors (Lipinski definition) is 6. The summed E-state index contributed by atoms with van der Waals surface area (Å²) >= 11 is 0. The van der Waals surface area contributed by atoms with E-state index in [0.717, 1.165) is 22.6 Å². The third kappa shape index (κ3) is 6.79. The Balaban J connectivity index is 1.44. The molecule has 1 heterocycles. The minimum Gasteiger partial charge on any atom is -0.496 e. The number of carboxylic acids is 1. The summed E-state index contributed by atoms with van der Waals surface area (Å²) in [6, 6.07) is 22.3. The van der Waals surface area contributed by atoms with Crippen molar-refractivity contribution < 1.29 is 28.6 Å². The molecule has 4 rings (SSSR count). The van der Waals surface area contributed by atoms with E-state index in [1.807, 2.05) is 61.5 Å². The number of aromatic nitrogens is 1. The van der Waals surface area contributed by atoms with Crippen LogP contribution in [-0.2, 0) is 24.2 Å². The fourth-order valence-electron chi connectivity index (χ4n) is 4.07. The number of benzene rings is 3. The third-order valence-corrected chi connectivity index (χ3v) is 6.09. The van der Waals surface area contributed by atoms with Crippen molar-refractivity contribution in [2.75, 3.05) is 13.7 Å². The first-order valence-corrected chi connectivity index (χ1v) is 12.3. The van der Waals surface area contributed by atoms with E-state index in [2.05, 4.69) is 10.3 Å². The fourth-order valence-corrected chi connectivity index (χ4v) is 4.07. The van der Waals surface area contributed by atoms with Crippen molar-refractivity contribution in [2.24, 2.45) is 0 Å². The first-order valence-electron chi connectivity index (χ1n) is 12.3. The topological polar surface area (TPSA) is 111 Å². The predicted molar refractivity (Wildman–Crippen MR) is 142 cm³/mol. The lowest BCUT2D eigenvalue weighted by molar-refractivity contribution is -0.136. The number of carbonyl (C=O) groups excluding carboxylic acids is 1. The number of ether oxygens (including phenoxy) is 2. The fraction of sp³-hybridized carbons (Fsp3) is 0.233. The van der Waals surface area contributed by atoms with Crippen LogP contribution >= 0.6 is 0 Å². The first-order chi connectivity index (χ1) is 18.4. The maximum atomic E-state index is 13.1. The molecular weight excluding hydrogens is 484 g/mol. The van der Waals surface area contributed by atoms with E-state index in [9.17, 15) is 9.59 Å². The van der Waals surface area contributed by atoms with Crippen LogP contribution in [0.15, 0.2) is 77.2 Å². The first kappa shape index (κ1) is 26.5. The van der Waals surface area contributed by atoms with Gasteiger partial charge in [0.2, 0.25) is 5.89 Å². The molecule has 1 amide bonds. The van der Waals surface area contributed by atoms with Gasteiger partial charge in [0.1, 0.15) is 17.3 Å². The molecule has 0 atom stereocenters. The highest BCUT2D eigenvalue weighted by molar-refractivity contribution is 5.96. The molecule has 38 heavy (non-hydrogen) atoms. The van der Waals surface area contributed by atoms with Gasteiger partial charge in [-0.2, -0.15) is 0 Å². The van der Waals surface area contributed by atoms with Crippen LogP contribution in [-0.4, -0.2) is 35.7 Å². The third-order valence-electron chi connectivity index (χ3n) is 6.09. The van der Waals surface area contributed by atoms with Gasteiger partial charge in [-0.05, 0) is 49.2 Å². The molecule has 8 heteroatoms. The van der Waals surface area contributed by atoms with Gasteiger partial charge in [0, 0.05) is 36.1 Å². The SMILES string of the molecule is COc1ccccc1CNC(=O)c1cc(OCCc2nc(-c3ccccc3)oc2C)ccc1CCC(=O)O. The number of amides is 1. The highest BCUT2D eigenvalue weighted by Gasteiger charge is 2.16. The largest absolute Gasteiger partial charge is 0.496 e. The van der Waals surface area contributed by atoms with E-state index in [1.54, 1.807) is 25.3 Å². The molecule has 0 saturated carbocycles. The van der Waals surface area contributed by atoms with E-state index < -0.39 is 5.97 Å². The number of nitrogens with one attached hydrogen (secondary N) is 1. The smallest absolute Gasteiger partial charge is 0.303 e. The summed E-state index contributed by atoms with van der Waals surface area (Å²) in [5, 5.41) is 12.0. The second-order valence-electron chi connectivity index (χ2n) is 8.69. The van der Waals surface area contributed by atoms with Crippen LogP contribution in [0, 0.1) is 6.92 Å². The predicted octanol–water partition coefficient (Wildman–Crippen LogP) is 5.23. The van der Waals surface area contributed by atoms with E-state index in [1.165, 1.54) is 0 Å². The number of hydrogen-bond donors (Lipinski definition) is 2. The van der Waals surface area contributed by atoms with Crippen LogP contribution < -0.4 is 14.8 Å². The lowest BCUT2D eigenvalue weighted by atomic mass is 10.0. The van der Waals surface area contributed by atoms with Gasteiger partial charge in [-0.15, -0.1) is 0 Å². The summed E-state index contributed by atoms with van der Waals surface area (Å²) < 4.78 is 17.1. The molecule has 196 valence electrons. The molecule has 2 N–H and O–H groups in total. The second kappa shape index (κ2) is 12.6. The second-order valence-corrected chi connectivity index (χ2v) is 8.69. The molecule has 1 aromatic heterocycles. The Morgan fingerprint density at radius 3 is 2.50 bits per heavy atom. The van der Waals surface area contributed by atoms with Gasteiger partial charge in [-0.1, -0.05) is 42.5 Å². The summed E-state index contributed by atoms with van der Waals surface area (Å²) in [6.45, 7) is 2.47. The molecule has 3 aromatic carbocycles. The zero-order chi connectivity index (χ0) is 26.9. The van der Waals surface area contributed by atoms with Crippen molar-refractivity contribution in [1.29, 1.82) is 0 Å². The number of rotatable bonds is 12. The molecule has 0 aliphatic carbocycles. The van der Waals surface area contributed by atoms with Crippen LogP contribution in [0.3, 0.4) is 0 Å². The van der Waals surface area contributed by atoms with Crippen LogP contribution in [0.25, 0.3) is 11.5 Å². The summed E-state index contributed by atoms with van der Waals surface area (Å²) in [5.74, 6) is 1.23. The minimum absolute atomic E-state index is 0.0812. The number of methoxy groups -OCH3 is 1. The van der Waals surface area contributed by atoms with E-state index in [-0.39, 0.29) is 25.3 Å². The van der Waals surface area contributed by atoms with Crippen LogP contribution in [0.4, 0.5) is 0 Å². The summed E-state index contributed by atoms with van der Waals surface area (Å²) in [7, 11) is 1.58. The van der Waals surface area contributed by atoms with Crippen LogP contribution in [0.1, 0.15) is 39.4 Å². The molecule has 0 fully saturated rings. The van der Waals surface area contributed by atoms with Gasteiger partial charge >= 0.3 is 5.97 Å². The summed E-state index contributed by atoms with van der Waals surface area (Å²) in [6.07, 6.45) is 0.674. The van der Waals surface area contributed by atoms with Crippen molar-refractivity contribution in [3.05, 3.63) is 101 Å². The van der Waals surface area contributed by atoms with Gasteiger partial charge in [-0.25, -0.2) is 4.98 Å². The number of aliphatic carboxylic acids is 1. The van der Waals surface area contributed by atoms with Crippen molar-refractivity contribution in [2.45, 2.75) is 32.7 Å². The zero-order valence-corrected chi connectivity index (χ0v) is 21.4. The standard InChI is InChI=1S/C30H30N2O6/c1-20-26(32-30(38-20)22-8-4-3-5-9-22)16-17-37-24-14-12-21(13-15-28(33)34)25(18-24)29(35)31-19-23-10-6-7-11-27(23)36-2/h3-12,14,18H,13,15-17,19H2,1-2H3,(H,31,35)(H,33,34). The Bertz CT molecular complexity index is 1400.